The molecule has 0 radical (unpaired) electrons. The molecule has 4 rings (SSSR count). The lowest BCUT2D eigenvalue weighted by atomic mass is 9.55. The zero-order valence-electron chi connectivity index (χ0n) is 19.7. The minimum atomic E-state index is -0.476. The molecule has 0 aliphatic heterocycles. The predicted octanol–water partition coefficient (Wildman–Crippen LogP) is 4.21. The number of hydrogen-bond donors (Lipinski definition) is 2. The van der Waals surface area contributed by atoms with Crippen molar-refractivity contribution in [2.45, 2.75) is 83.4 Å². The Balaban J connectivity index is 1.42. The van der Waals surface area contributed by atoms with Crippen LogP contribution in [0.15, 0.2) is 18.2 Å². The Labute approximate surface area is 183 Å². The van der Waals surface area contributed by atoms with Crippen LogP contribution in [0.25, 0.3) is 0 Å². The third kappa shape index (κ3) is 4.16. The molecule has 2 fully saturated rings. The van der Waals surface area contributed by atoms with E-state index in [-0.39, 0.29) is 0 Å². The molecule has 3 aliphatic rings. The molecule has 0 amide bonds. The monoisotopic (exact) mass is 414 g/mol. The van der Waals surface area contributed by atoms with Gasteiger partial charge in [-0.1, -0.05) is 26.8 Å². The molecule has 168 valence electrons. The molecule has 0 heterocycles. The number of fused-ring (bicyclic) bond motifs is 5. The molecule has 1 aromatic rings. The van der Waals surface area contributed by atoms with Crippen molar-refractivity contribution in [3.63, 3.8) is 0 Å². The number of benzene rings is 1. The molecule has 1 aromatic carbocycles. The van der Waals surface area contributed by atoms with Gasteiger partial charge < -0.3 is 20.1 Å². The van der Waals surface area contributed by atoms with E-state index in [1.54, 1.807) is 5.56 Å². The number of aliphatic hydroxyl groups excluding tert-OH is 1. The first-order chi connectivity index (χ1) is 14.3. The quantitative estimate of drug-likeness (QED) is 0.701. The smallest absolute Gasteiger partial charge is 0.119 e. The van der Waals surface area contributed by atoms with Crippen molar-refractivity contribution < 1.29 is 9.84 Å². The van der Waals surface area contributed by atoms with E-state index in [2.05, 4.69) is 63.3 Å². The second-order valence-corrected chi connectivity index (χ2v) is 10.9. The normalized spacial score (nSPS) is 33.9. The second-order valence-electron chi connectivity index (χ2n) is 10.9. The Kier molecular flexibility index (Phi) is 6.48. The lowest BCUT2D eigenvalue weighted by Gasteiger charge is -2.52. The molecule has 0 spiro atoms. The van der Waals surface area contributed by atoms with Gasteiger partial charge in [-0.2, -0.15) is 0 Å². The standard InChI is InChI=1S/C26H42N2O2/c1-17(2)27-15-19(29)16-30-20-7-9-21-18(14-20)6-8-23-22(21)12-13-26(3)24(23)10-11-25(26)28(4)5/h7,9,14,17,19,22-25,27,29H,6,8,10-13,15-16H2,1-5H3/t19?,22-,23-,24+,25?,26+/m1/s1. The SMILES string of the molecule is CC(C)NCC(O)COc1ccc2c(c1)CC[C@@H]1[C@@H]2CC[C@]2(C)C(N(C)C)CC[C@@H]12. The first-order valence-corrected chi connectivity index (χ1v) is 12.1. The molecular formula is C26H42N2O2. The molecule has 0 aromatic heterocycles. The van der Waals surface area contributed by atoms with Gasteiger partial charge in [0, 0.05) is 18.6 Å². The maximum absolute atomic E-state index is 10.1. The summed E-state index contributed by atoms with van der Waals surface area (Å²) in [6.45, 7) is 7.67. The summed E-state index contributed by atoms with van der Waals surface area (Å²) in [6.07, 6.45) is 7.47. The number of ether oxygens (including phenoxy) is 1. The summed E-state index contributed by atoms with van der Waals surface area (Å²) in [7, 11) is 4.55. The third-order valence-corrected chi connectivity index (χ3v) is 8.48. The average Bonchev–Trinajstić information content (AvgIpc) is 3.07. The van der Waals surface area contributed by atoms with Crippen LogP contribution in [0.1, 0.15) is 69.9 Å². The van der Waals surface area contributed by atoms with E-state index >= 15 is 0 Å². The van der Waals surface area contributed by atoms with Crippen LogP contribution in [-0.4, -0.2) is 55.4 Å². The number of nitrogens with zero attached hydrogens (tertiary/aromatic N) is 1. The van der Waals surface area contributed by atoms with Crippen LogP contribution in [0, 0.1) is 17.3 Å². The number of rotatable bonds is 7. The van der Waals surface area contributed by atoms with Crippen molar-refractivity contribution in [3.05, 3.63) is 29.3 Å². The van der Waals surface area contributed by atoms with Crippen LogP contribution in [0.2, 0.25) is 0 Å². The fourth-order valence-corrected chi connectivity index (χ4v) is 7.09. The van der Waals surface area contributed by atoms with Gasteiger partial charge in [-0.15, -0.1) is 0 Å². The van der Waals surface area contributed by atoms with Crippen LogP contribution in [0.4, 0.5) is 0 Å². The van der Waals surface area contributed by atoms with E-state index in [0.717, 1.165) is 29.5 Å². The van der Waals surface area contributed by atoms with E-state index in [1.165, 1.54) is 44.1 Å². The predicted molar refractivity (Wildman–Crippen MR) is 123 cm³/mol. The summed E-state index contributed by atoms with van der Waals surface area (Å²) < 4.78 is 5.93. The maximum atomic E-state index is 10.1. The summed E-state index contributed by atoms with van der Waals surface area (Å²) in [4.78, 5) is 2.49. The fourth-order valence-electron chi connectivity index (χ4n) is 7.09. The molecule has 2 N–H and O–H groups in total. The lowest BCUT2D eigenvalue weighted by Crippen LogP contribution is -2.48. The van der Waals surface area contributed by atoms with E-state index in [4.69, 9.17) is 4.74 Å². The van der Waals surface area contributed by atoms with Crippen LogP contribution in [0.5, 0.6) is 5.75 Å². The summed E-state index contributed by atoms with van der Waals surface area (Å²) in [5, 5.41) is 13.4. The number of aliphatic hydroxyl groups is 1. The van der Waals surface area contributed by atoms with Gasteiger partial charge in [0.15, 0.2) is 0 Å². The molecule has 0 bridgehead atoms. The zero-order chi connectivity index (χ0) is 21.5. The first kappa shape index (κ1) is 22.1. The van der Waals surface area contributed by atoms with Crippen molar-refractivity contribution in [1.29, 1.82) is 0 Å². The topological polar surface area (TPSA) is 44.7 Å². The zero-order valence-corrected chi connectivity index (χ0v) is 19.7. The molecule has 0 saturated heterocycles. The molecule has 2 unspecified atom stereocenters. The van der Waals surface area contributed by atoms with E-state index in [9.17, 15) is 5.11 Å². The summed E-state index contributed by atoms with van der Waals surface area (Å²) in [6, 6.07) is 7.84. The minimum absolute atomic E-state index is 0.344. The van der Waals surface area contributed by atoms with E-state index in [1.807, 2.05) is 0 Å². The van der Waals surface area contributed by atoms with Crippen LogP contribution < -0.4 is 10.1 Å². The van der Waals surface area contributed by atoms with Gasteiger partial charge in [0.25, 0.3) is 0 Å². The third-order valence-electron chi connectivity index (χ3n) is 8.48. The van der Waals surface area contributed by atoms with Crippen molar-refractivity contribution in [1.82, 2.24) is 10.2 Å². The van der Waals surface area contributed by atoms with Crippen LogP contribution >= 0.6 is 0 Å². The van der Waals surface area contributed by atoms with Gasteiger partial charge in [-0.3, -0.25) is 0 Å². The van der Waals surface area contributed by atoms with Gasteiger partial charge in [-0.05, 0) is 99.0 Å². The van der Waals surface area contributed by atoms with E-state index in [0.29, 0.717) is 24.6 Å². The first-order valence-electron chi connectivity index (χ1n) is 12.1. The van der Waals surface area contributed by atoms with E-state index < -0.39 is 6.10 Å². The maximum Gasteiger partial charge on any atom is 0.119 e. The summed E-state index contributed by atoms with van der Waals surface area (Å²) in [5.41, 5.74) is 3.55. The van der Waals surface area contributed by atoms with Gasteiger partial charge in [0.05, 0.1) is 0 Å². The Morgan fingerprint density at radius 1 is 1.20 bits per heavy atom. The van der Waals surface area contributed by atoms with Crippen LogP contribution in [-0.2, 0) is 6.42 Å². The van der Waals surface area contributed by atoms with Crippen molar-refractivity contribution in [3.8, 4) is 5.75 Å². The average molecular weight is 415 g/mol. The number of hydrogen-bond acceptors (Lipinski definition) is 4. The molecule has 30 heavy (non-hydrogen) atoms. The van der Waals surface area contributed by atoms with Gasteiger partial charge in [0.1, 0.15) is 18.5 Å². The van der Waals surface area contributed by atoms with Crippen molar-refractivity contribution in [2.75, 3.05) is 27.2 Å². The number of aryl methyl sites for hydroxylation is 1. The van der Waals surface area contributed by atoms with Crippen LogP contribution in [0.3, 0.4) is 0 Å². The highest BCUT2D eigenvalue weighted by molar-refractivity contribution is 5.40. The lowest BCUT2D eigenvalue weighted by molar-refractivity contribution is 0.0145. The minimum Gasteiger partial charge on any atom is -0.491 e. The molecule has 2 saturated carbocycles. The fraction of sp³-hybridized carbons (Fsp3) is 0.769. The Morgan fingerprint density at radius 3 is 2.73 bits per heavy atom. The Hall–Kier alpha value is -1.10. The summed E-state index contributed by atoms with van der Waals surface area (Å²) >= 11 is 0. The second kappa shape index (κ2) is 8.80. The van der Waals surface area contributed by atoms with Crippen molar-refractivity contribution >= 4 is 0 Å². The Morgan fingerprint density at radius 2 is 2.00 bits per heavy atom. The molecule has 4 nitrogen and oxygen atoms in total. The molecule has 4 heteroatoms. The highest BCUT2D eigenvalue weighted by Gasteiger charge is 2.55. The highest BCUT2D eigenvalue weighted by atomic mass is 16.5. The highest BCUT2D eigenvalue weighted by Crippen LogP contribution is 2.61. The molecule has 3 aliphatic carbocycles. The van der Waals surface area contributed by atoms with Gasteiger partial charge in [0.2, 0.25) is 0 Å². The summed E-state index contributed by atoms with van der Waals surface area (Å²) in [5.74, 6) is 3.35. The Bertz CT molecular complexity index is 734. The largest absolute Gasteiger partial charge is 0.491 e. The molecule has 6 atom stereocenters. The van der Waals surface area contributed by atoms with Gasteiger partial charge >= 0.3 is 0 Å². The van der Waals surface area contributed by atoms with Gasteiger partial charge in [-0.25, -0.2) is 0 Å². The number of nitrogens with one attached hydrogen (secondary N) is 1. The molecular weight excluding hydrogens is 372 g/mol. The van der Waals surface area contributed by atoms with Crippen molar-refractivity contribution in [2.24, 2.45) is 17.3 Å².